The summed E-state index contributed by atoms with van der Waals surface area (Å²) in [7, 11) is 0. The van der Waals surface area contributed by atoms with Crippen molar-refractivity contribution in [3.63, 3.8) is 0 Å². The maximum atomic E-state index is 12.5. The SMILES string of the molecule is CSc1cccc(NC(=O)c2sc(-c3ccsc3)nc2C)c1. The van der Waals surface area contributed by atoms with Gasteiger partial charge in [-0.3, -0.25) is 4.79 Å². The van der Waals surface area contributed by atoms with E-state index in [1.165, 1.54) is 11.3 Å². The molecule has 0 saturated carbocycles. The van der Waals surface area contributed by atoms with Crippen molar-refractivity contribution in [2.24, 2.45) is 0 Å². The van der Waals surface area contributed by atoms with Crippen LogP contribution in [0.5, 0.6) is 0 Å². The van der Waals surface area contributed by atoms with E-state index in [1.807, 2.05) is 54.3 Å². The van der Waals surface area contributed by atoms with Gasteiger partial charge in [0.05, 0.1) is 5.69 Å². The molecule has 0 atom stereocenters. The lowest BCUT2D eigenvalue weighted by Crippen LogP contribution is -2.11. The molecule has 6 heteroatoms. The summed E-state index contributed by atoms with van der Waals surface area (Å²) in [5.41, 5.74) is 2.65. The van der Waals surface area contributed by atoms with Crippen LogP contribution in [0.3, 0.4) is 0 Å². The number of carbonyl (C=O) groups excluding carboxylic acids is 1. The smallest absolute Gasteiger partial charge is 0.267 e. The van der Waals surface area contributed by atoms with Gasteiger partial charge in [-0.1, -0.05) is 6.07 Å². The molecule has 22 heavy (non-hydrogen) atoms. The number of aryl methyl sites for hydroxylation is 1. The Labute approximate surface area is 141 Å². The molecule has 3 aromatic rings. The van der Waals surface area contributed by atoms with Crippen LogP contribution in [0.2, 0.25) is 0 Å². The highest BCUT2D eigenvalue weighted by Crippen LogP contribution is 2.30. The van der Waals surface area contributed by atoms with Crippen molar-refractivity contribution in [3.05, 3.63) is 51.7 Å². The van der Waals surface area contributed by atoms with Crippen molar-refractivity contribution in [3.8, 4) is 10.6 Å². The number of amides is 1. The number of nitrogens with zero attached hydrogens (tertiary/aromatic N) is 1. The Balaban J connectivity index is 1.83. The molecule has 2 heterocycles. The molecule has 1 N–H and O–H groups in total. The van der Waals surface area contributed by atoms with E-state index in [4.69, 9.17) is 0 Å². The van der Waals surface area contributed by atoms with Gasteiger partial charge in [0.1, 0.15) is 9.88 Å². The minimum absolute atomic E-state index is 0.102. The zero-order valence-electron chi connectivity index (χ0n) is 12.1. The van der Waals surface area contributed by atoms with Crippen molar-refractivity contribution in [1.82, 2.24) is 4.98 Å². The Morgan fingerprint density at radius 2 is 2.18 bits per heavy atom. The number of carbonyl (C=O) groups is 1. The fourth-order valence-electron chi connectivity index (χ4n) is 2.01. The number of thiophene rings is 1. The minimum atomic E-state index is -0.102. The summed E-state index contributed by atoms with van der Waals surface area (Å²) in [6, 6.07) is 9.85. The summed E-state index contributed by atoms with van der Waals surface area (Å²) in [6.07, 6.45) is 2.02. The molecule has 0 bridgehead atoms. The lowest BCUT2D eigenvalue weighted by Gasteiger charge is -2.05. The topological polar surface area (TPSA) is 42.0 Å². The molecule has 3 rings (SSSR count). The summed E-state index contributed by atoms with van der Waals surface area (Å²) in [6.45, 7) is 1.87. The second-order valence-corrected chi connectivity index (χ2v) is 7.29. The standard InChI is InChI=1S/C16H14N2OS3/c1-10-14(22-16(17-10)11-6-7-21-9-11)15(19)18-12-4-3-5-13(8-12)20-2/h3-9H,1-2H3,(H,18,19). The van der Waals surface area contributed by atoms with Crippen molar-refractivity contribution in [2.45, 2.75) is 11.8 Å². The van der Waals surface area contributed by atoms with E-state index in [0.717, 1.165) is 26.8 Å². The molecule has 0 aliphatic rings. The van der Waals surface area contributed by atoms with Crippen LogP contribution in [0.15, 0.2) is 46.0 Å². The number of anilines is 1. The van der Waals surface area contributed by atoms with Gasteiger partial charge in [-0.15, -0.1) is 23.1 Å². The molecule has 2 aromatic heterocycles. The molecule has 0 radical (unpaired) electrons. The highest BCUT2D eigenvalue weighted by Gasteiger charge is 2.16. The number of hydrogen-bond acceptors (Lipinski definition) is 5. The van der Waals surface area contributed by atoms with E-state index in [2.05, 4.69) is 10.3 Å². The number of thiazole rings is 1. The monoisotopic (exact) mass is 346 g/mol. The first-order valence-electron chi connectivity index (χ1n) is 6.63. The fourth-order valence-corrected chi connectivity index (χ4v) is 4.14. The summed E-state index contributed by atoms with van der Waals surface area (Å²) in [5.74, 6) is -0.102. The van der Waals surface area contributed by atoms with Crippen LogP contribution in [-0.4, -0.2) is 17.1 Å². The average molecular weight is 347 g/mol. The van der Waals surface area contributed by atoms with E-state index in [1.54, 1.807) is 23.1 Å². The quantitative estimate of drug-likeness (QED) is 0.664. The minimum Gasteiger partial charge on any atom is -0.321 e. The predicted octanol–water partition coefficient (Wildman–Crippen LogP) is 5.15. The number of benzene rings is 1. The van der Waals surface area contributed by atoms with Crippen molar-refractivity contribution >= 4 is 46.0 Å². The summed E-state index contributed by atoms with van der Waals surface area (Å²) < 4.78 is 0. The molecule has 1 amide bonds. The molecule has 1 aromatic carbocycles. The molecule has 0 fully saturated rings. The third kappa shape index (κ3) is 3.24. The number of aromatic nitrogens is 1. The number of hydrogen-bond donors (Lipinski definition) is 1. The molecular formula is C16H14N2OS3. The van der Waals surface area contributed by atoms with Gasteiger partial charge < -0.3 is 5.32 Å². The Kier molecular flexibility index (Phi) is 4.61. The van der Waals surface area contributed by atoms with Crippen LogP contribution in [-0.2, 0) is 0 Å². The second-order valence-electron chi connectivity index (χ2n) is 4.63. The van der Waals surface area contributed by atoms with E-state index in [9.17, 15) is 4.79 Å². The Morgan fingerprint density at radius 1 is 1.32 bits per heavy atom. The van der Waals surface area contributed by atoms with Crippen LogP contribution < -0.4 is 5.32 Å². The van der Waals surface area contributed by atoms with Crippen LogP contribution >= 0.6 is 34.4 Å². The number of nitrogens with one attached hydrogen (secondary N) is 1. The van der Waals surface area contributed by atoms with Crippen LogP contribution in [0.4, 0.5) is 5.69 Å². The lowest BCUT2D eigenvalue weighted by atomic mass is 10.3. The highest BCUT2D eigenvalue weighted by atomic mass is 32.2. The Bertz CT molecular complexity index is 794. The molecule has 0 unspecified atom stereocenters. The zero-order valence-corrected chi connectivity index (χ0v) is 14.6. The Morgan fingerprint density at radius 3 is 2.91 bits per heavy atom. The van der Waals surface area contributed by atoms with Gasteiger partial charge in [-0.2, -0.15) is 11.3 Å². The summed E-state index contributed by atoms with van der Waals surface area (Å²) >= 11 is 4.71. The molecule has 112 valence electrons. The normalized spacial score (nSPS) is 10.6. The highest BCUT2D eigenvalue weighted by molar-refractivity contribution is 7.98. The van der Waals surface area contributed by atoms with Crippen molar-refractivity contribution in [1.29, 1.82) is 0 Å². The predicted molar refractivity (Wildman–Crippen MR) is 96.3 cm³/mol. The van der Waals surface area contributed by atoms with Crippen LogP contribution in [0.25, 0.3) is 10.6 Å². The molecule has 0 aliphatic carbocycles. The van der Waals surface area contributed by atoms with E-state index in [-0.39, 0.29) is 5.91 Å². The van der Waals surface area contributed by atoms with Crippen molar-refractivity contribution in [2.75, 3.05) is 11.6 Å². The number of thioether (sulfide) groups is 1. The fraction of sp³-hybridized carbons (Fsp3) is 0.125. The average Bonchev–Trinajstić information content (AvgIpc) is 3.16. The first-order valence-corrected chi connectivity index (χ1v) is 9.61. The van der Waals surface area contributed by atoms with E-state index >= 15 is 0 Å². The molecule has 3 nitrogen and oxygen atoms in total. The zero-order chi connectivity index (χ0) is 15.5. The maximum Gasteiger partial charge on any atom is 0.267 e. The number of rotatable bonds is 4. The van der Waals surface area contributed by atoms with Gasteiger partial charge in [-0.05, 0) is 42.8 Å². The Hall–Kier alpha value is -1.63. The van der Waals surface area contributed by atoms with Crippen LogP contribution in [0.1, 0.15) is 15.4 Å². The third-order valence-electron chi connectivity index (χ3n) is 3.10. The van der Waals surface area contributed by atoms with Gasteiger partial charge in [0.25, 0.3) is 5.91 Å². The molecular weight excluding hydrogens is 332 g/mol. The van der Waals surface area contributed by atoms with Gasteiger partial charge >= 0.3 is 0 Å². The first kappa shape index (κ1) is 15.3. The van der Waals surface area contributed by atoms with E-state index in [0.29, 0.717) is 4.88 Å². The van der Waals surface area contributed by atoms with Gasteiger partial charge in [0.15, 0.2) is 0 Å². The van der Waals surface area contributed by atoms with Gasteiger partial charge in [0.2, 0.25) is 0 Å². The second kappa shape index (κ2) is 6.64. The first-order chi connectivity index (χ1) is 10.7. The third-order valence-corrected chi connectivity index (χ3v) is 5.71. The van der Waals surface area contributed by atoms with Crippen LogP contribution in [0, 0.1) is 6.92 Å². The summed E-state index contributed by atoms with van der Waals surface area (Å²) in [4.78, 5) is 18.8. The largest absolute Gasteiger partial charge is 0.321 e. The summed E-state index contributed by atoms with van der Waals surface area (Å²) in [5, 5.41) is 7.90. The van der Waals surface area contributed by atoms with E-state index < -0.39 is 0 Å². The molecule has 0 aliphatic heterocycles. The lowest BCUT2D eigenvalue weighted by molar-refractivity contribution is 0.103. The van der Waals surface area contributed by atoms with Gasteiger partial charge in [0, 0.05) is 21.5 Å². The maximum absolute atomic E-state index is 12.5. The van der Waals surface area contributed by atoms with Gasteiger partial charge in [-0.25, -0.2) is 4.98 Å². The molecule has 0 saturated heterocycles. The van der Waals surface area contributed by atoms with Crippen molar-refractivity contribution < 1.29 is 4.79 Å². The molecule has 0 spiro atoms.